The summed E-state index contributed by atoms with van der Waals surface area (Å²) < 4.78 is 19.3. The Morgan fingerprint density at radius 3 is 2.35 bits per heavy atom. The third-order valence-electron chi connectivity index (χ3n) is 2.80. The summed E-state index contributed by atoms with van der Waals surface area (Å²) in [6, 6.07) is 13.1. The highest BCUT2D eigenvalue weighted by Crippen LogP contribution is 2.16. The molecule has 0 aliphatic carbocycles. The zero-order chi connectivity index (χ0) is 14.4. The van der Waals surface area contributed by atoms with Crippen molar-refractivity contribution >= 4 is 21.7 Å². The third kappa shape index (κ3) is 4.46. The Balaban J connectivity index is 1.74. The summed E-state index contributed by atoms with van der Waals surface area (Å²) >= 11 is 3.35. The molecule has 0 heterocycles. The van der Waals surface area contributed by atoms with E-state index in [0.717, 1.165) is 10.2 Å². The molecule has 0 amide bonds. The van der Waals surface area contributed by atoms with Crippen molar-refractivity contribution in [3.8, 4) is 5.75 Å². The fourth-order valence-corrected chi connectivity index (χ4v) is 2.00. The molecule has 0 saturated carbocycles. The van der Waals surface area contributed by atoms with E-state index in [-0.39, 0.29) is 11.6 Å². The van der Waals surface area contributed by atoms with Crippen molar-refractivity contribution in [1.29, 1.82) is 0 Å². The van der Waals surface area contributed by atoms with Crippen LogP contribution in [-0.4, -0.2) is 12.4 Å². The van der Waals surface area contributed by atoms with Crippen LogP contribution in [-0.2, 0) is 0 Å². The molecule has 0 spiro atoms. The fraction of sp³-hybridized carbons (Fsp3) is 0.188. The maximum atomic E-state index is 12.7. The van der Waals surface area contributed by atoms with Gasteiger partial charge in [-0.1, -0.05) is 15.9 Å². The molecule has 2 aromatic carbocycles. The largest absolute Gasteiger partial charge is 0.494 e. The maximum absolute atomic E-state index is 12.7. The Bertz CT molecular complexity index is 564. The lowest BCUT2D eigenvalue weighted by atomic mass is 10.1. The number of rotatable bonds is 6. The third-order valence-corrected chi connectivity index (χ3v) is 3.33. The Morgan fingerprint density at radius 1 is 1.05 bits per heavy atom. The van der Waals surface area contributed by atoms with Crippen LogP contribution in [0.1, 0.15) is 23.2 Å². The highest BCUT2D eigenvalue weighted by molar-refractivity contribution is 9.10. The number of hydrogen-bond acceptors (Lipinski definition) is 2. The van der Waals surface area contributed by atoms with Gasteiger partial charge in [0, 0.05) is 16.5 Å². The van der Waals surface area contributed by atoms with E-state index in [0.29, 0.717) is 25.0 Å². The quantitative estimate of drug-likeness (QED) is 0.567. The summed E-state index contributed by atoms with van der Waals surface area (Å²) in [6.07, 6.45) is 1.02. The molecule has 0 fully saturated rings. The summed E-state index contributed by atoms with van der Waals surface area (Å²) in [5.74, 6) is 0.451. The number of carbonyl (C=O) groups is 1. The number of halogens is 2. The minimum Gasteiger partial charge on any atom is -0.494 e. The number of hydrogen-bond donors (Lipinski definition) is 0. The first-order valence-corrected chi connectivity index (χ1v) is 7.11. The lowest BCUT2D eigenvalue weighted by Crippen LogP contribution is -2.04. The van der Waals surface area contributed by atoms with Gasteiger partial charge >= 0.3 is 0 Å². The second kappa shape index (κ2) is 7.20. The van der Waals surface area contributed by atoms with E-state index < -0.39 is 0 Å². The minimum atomic E-state index is -0.333. The van der Waals surface area contributed by atoms with Crippen molar-refractivity contribution in [2.75, 3.05) is 6.61 Å². The van der Waals surface area contributed by atoms with Crippen molar-refractivity contribution in [2.45, 2.75) is 12.8 Å². The Kier molecular flexibility index (Phi) is 5.30. The van der Waals surface area contributed by atoms with Crippen LogP contribution in [0.25, 0.3) is 0 Å². The van der Waals surface area contributed by atoms with E-state index in [1.165, 1.54) is 24.3 Å². The van der Waals surface area contributed by atoms with Crippen LogP contribution < -0.4 is 4.74 Å². The molecule has 4 heteroatoms. The molecule has 0 aliphatic heterocycles. The summed E-state index contributed by atoms with van der Waals surface area (Å²) in [5.41, 5.74) is 0.537. The van der Waals surface area contributed by atoms with Gasteiger partial charge in [0.15, 0.2) is 5.78 Å². The van der Waals surface area contributed by atoms with E-state index in [1.807, 2.05) is 24.3 Å². The zero-order valence-corrected chi connectivity index (χ0v) is 12.4. The number of ether oxygens (including phenoxy) is 1. The molecule has 0 unspecified atom stereocenters. The molecule has 2 aromatic rings. The summed E-state index contributed by atoms with van der Waals surface area (Å²) in [5, 5.41) is 0. The van der Waals surface area contributed by atoms with E-state index in [4.69, 9.17) is 4.74 Å². The molecular formula is C16H14BrFO2. The number of Topliss-reactive ketones (excluding diaryl/α,β-unsaturated/α-hetero) is 1. The van der Waals surface area contributed by atoms with Crippen LogP contribution >= 0.6 is 15.9 Å². The van der Waals surface area contributed by atoms with Crippen molar-refractivity contribution in [1.82, 2.24) is 0 Å². The molecule has 0 radical (unpaired) electrons. The number of ketones is 1. The Hall–Kier alpha value is -1.68. The zero-order valence-electron chi connectivity index (χ0n) is 10.8. The standard InChI is InChI=1S/C16H14BrFO2/c17-13-5-9-15(10-6-13)20-11-1-2-16(19)12-3-7-14(18)8-4-12/h3-10H,1-2,11H2. The van der Waals surface area contributed by atoms with Gasteiger partial charge in [0.05, 0.1) is 6.61 Å². The molecule has 2 nitrogen and oxygen atoms in total. The fourth-order valence-electron chi connectivity index (χ4n) is 1.73. The van der Waals surface area contributed by atoms with Gasteiger partial charge in [0.2, 0.25) is 0 Å². The molecule has 20 heavy (non-hydrogen) atoms. The van der Waals surface area contributed by atoms with Gasteiger partial charge in [-0.25, -0.2) is 4.39 Å². The van der Waals surface area contributed by atoms with Crippen LogP contribution in [0, 0.1) is 5.82 Å². The van der Waals surface area contributed by atoms with Gasteiger partial charge < -0.3 is 4.74 Å². The lowest BCUT2D eigenvalue weighted by molar-refractivity contribution is 0.0973. The second-order valence-corrected chi connectivity index (χ2v) is 5.25. The molecule has 0 N–H and O–H groups in total. The summed E-state index contributed by atoms with van der Waals surface area (Å²) in [6.45, 7) is 0.481. The van der Waals surface area contributed by atoms with Crippen LogP contribution in [0.2, 0.25) is 0 Å². The maximum Gasteiger partial charge on any atom is 0.163 e. The first kappa shape index (κ1) is 14.7. The van der Waals surface area contributed by atoms with Crippen LogP contribution in [0.15, 0.2) is 53.0 Å². The van der Waals surface area contributed by atoms with E-state index in [1.54, 1.807) is 0 Å². The number of carbonyl (C=O) groups excluding carboxylic acids is 1. The molecule has 0 aliphatic rings. The van der Waals surface area contributed by atoms with E-state index in [2.05, 4.69) is 15.9 Å². The average Bonchev–Trinajstić information content (AvgIpc) is 2.46. The van der Waals surface area contributed by atoms with E-state index in [9.17, 15) is 9.18 Å². The van der Waals surface area contributed by atoms with Crippen molar-refractivity contribution in [3.05, 3.63) is 64.4 Å². The lowest BCUT2D eigenvalue weighted by Gasteiger charge is -2.06. The van der Waals surface area contributed by atoms with Gasteiger partial charge in [0.1, 0.15) is 11.6 Å². The summed E-state index contributed by atoms with van der Waals surface area (Å²) in [4.78, 5) is 11.8. The average molecular weight is 337 g/mol. The normalized spacial score (nSPS) is 10.3. The van der Waals surface area contributed by atoms with Gasteiger partial charge in [-0.15, -0.1) is 0 Å². The van der Waals surface area contributed by atoms with Gasteiger partial charge in [-0.2, -0.15) is 0 Å². The van der Waals surface area contributed by atoms with Crippen LogP contribution in [0.4, 0.5) is 4.39 Å². The molecular weight excluding hydrogens is 323 g/mol. The first-order chi connectivity index (χ1) is 9.65. The van der Waals surface area contributed by atoms with Gasteiger partial charge in [-0.3, -0.25) is 4.79 Å². The summed E-state index contributed by atoms with van der Waals surface area (Å²) in [7, 11) is 0. The van der Waals surface area contributed by atoms with Crippen LogP contribution in [0.5, 0.6) is 5.75 Å². The van der Waals surface area contributed by atoms with Crippen molar-refractivity contribution in [3.63, 3.8) is 0 Å². The van der Waals surface area contributed by atoms with Gasteiger partial charge in [-0.05, 0) is 55.0 Å². The first-order valence-electron chi connectivity index (χ1n) is 6.32. The highest BCUT2D eigenvalue weighted by Gasteiger charge is 2.05. The van der Waals surface area contributed by atoms with Crippen molar-refractivity contribution in [2.24, 2.45) is 0 Å². The van der Waals surface area contributed by atoms with Crippen molar-refractivity contribution < 1.29 is 13.9 Å². The molecule has 2 rings (SSSR count). The van der Waals surface area contributed by atoms with Gasteiger partial charge in [0.25, 0.3) is 0 Å². The topological polar surface area (TPSA) is 26.3 Å². The molecule has 0 bridgehead atoms. The smallest absolute Gasteiger partial charge is 0.163 e. The predicted molar refractivity (Wildman–Crippen MR) is 79.6 cm³/mol. The molecule has 104 valence electrons. The minimum absolute atomic E-state index is 0.00408. The molecule has 0 aromatic heterocycles. The Morgan fingerprint density at radius 2 is 1.70 bits per heavy atom. The van der Waals surface area contributed by atoms with E-state index >= 15 is 0 Å². The van der Waals surface area contributed by atoms with Crippen LogP contribution in [0.3, 0.4) is 0 Å². The Labute approximate surface area is 125 Å². The predicted octanol–water partition coefficient (Wildman–Crippen LogP) is 4.63. The molecule has 0 atom stereocenters. The number of benzene rings is 2. The monoisotopic (exact) mass is 336 g/mol. The highest BCUT2D eigenvalue weighted by atomic mass is 79.9. The SMILES string of the molecule is O=C(CCCOc1ccc(Br)cc1)c1ccc(F)cc1. The second-order valence-electron chi connectivity index (χ2n) is 4.34. The molecule has 0 saturated heterocycles.